The largest absolute Gasteiger partial charge is 0.411 e. The van der Waals surface area contributed by atoms with Crippen molar-refractivity contribution in [1.82, 2.24) is 0 Å². The summed E-state index contributed by atoms with van der Waals surface area (Å²) in [5.41, 5.74) is -0.979. The lowest BCUT2D eigenvalue weighted by molar-refractivity contribution is -0.0719. The van der Waals surface area contributed by atoms with Gasteiger partial charge in [0.25, 0.3) is 0 Å². The van der Waals surface area contributed by atoms with Crippen molar-refractivity contribution in [3.63, 3.8) is 0 Å². The summed E-state index contributed by atoms with van der Waals surface area (Å²) in [7, 11) is -1.85. The molecule has 0 aromatic heterocycles. The van der Waals surface area contributed by atoms with E-state index in [1.807, 2.05) is 0 Å². The van der Waals surface area contributed by atoms with E-state index >= 15 is 0 Å². The highest BCUT2D eigenvalue weighted by molar-refractivity contribution is 6.74. The van der Waals surface area contributed by atoms with Crippen LogP contribution in [0.15, 0.2) is 0 Å². The van der Waals surface area contributed by atoms with Gasteiger partial charge in [-0.05, 0) is 37.9 Å². The second kappa shape index (κ2) is 4.09. The van der Waals surface area contributed by atoms with E-state index in [0.29, 0.717) is 6.42 Å². The van der Waals surface area contributed by atoms with Crippen molar-refractivity contribution in [3.8, 4) is 0 Å². The maximum atomic E-state index is 9.99. The van der Waals surface area contributed by atoms with E-state index < -0.39 is 20.0 Å². The Labute approximate surface area is 100.0 Å². The molecule has 0 radical (unpaired) electrons. The molecule has 1 fully saturated rings. The Hall–Kier alpha value is 0.0969. The van der Waals surface area contributed by atoms with Crippen LogP contribution in [0.1, 0.15) is 40.5 Å². The predicted molar refractivity (Wildman–Crippen MR) is 67.9 cm³/mol. The number of hydrogen-bond acceptors (Lipinski definition) is 3. The minimum absolute atomic E-state index is 0.140. The maximum absolute atomic E-state index is 9.99. The third-order valence-corrected chi connectivity index (χ3v) is 8.68. The lowest BCUT2D eigenvalue weighted by atomic mass is 10.0. The average molecular weight is 246 g/mol. The van der Waals surface area contributed by atoms with E-state index in [0.717, 1.165) is 6.42 Å². The van der Waals surface area contributed by atoms with Crippen LogP contribution in [0.2, 0.25) is 18.1 Å². The summed E-state index contributed by atoms with van der Waals surface area (Å²) in [5.74, 6) is 0. The van der Waals surface area contributed by atoms with Crippen LogP contribution in [0.4, 0.5) is 0 Å². The molecule has 0 aromatic carbocycles. The Morgan fingerprint density at radius 1 is 1.31 bits per heavy atom. The van der Waals surface area contributed by atoms with Gasteiger partial charge in [0.1, 0.15) is 6.10 Å². The van der Waals surface area contributed by atoms with Crippen LogP contribution >= 0.6 is 0 Å². The standard InChI is InChI=1S/C12H26O3Si/c1-11(2,3)16(5,6)15-9-7-8-12(4,14)10(9)13/h9-10,13-14H,7-8H2,1-6H3/t9-,10-,12+/m0/s1. The van der Waals surface area contributed by atoms with Gasteiger partial charge in [0, 0.05) is 0 Å². The fourth-order valence-corrected chi connectivity index (χ4v) is 3.18. The van der Waals surface area contributed by atoms with Crippen LogP contribution in [0.3, 0.4) is 0 Å². The summed E-state index contributed by atoms with van der Waals surface area (Å²) in [5, 5.41) is 20.1. The minimum Gasteiger partial charge on any atom is -0.411 e. The van der Waals surface area contributed by atoms with Crippen molar-refractivity contribution in [1.29, 1.82) is 0 Å². The second-order valence-corrected chi connectivity index (χ2v) is 11.5. The maximum Gasteiger partial charge on any atom is 0.192 e. The summed E-state index contributed by atoms with van der Waals surface area (Å²) in [4.78, 5) is 0. The summed E-state index contributed by atoms with van der Waals surface area (Å²) in [6, 6.07) is 0. The van der Waals surface area contributed by atoms with Gasteiger partial charge in [-0.1, -0.05) is 20.8 Å². The summed E-state index contributed by atoms with van der Waals surface area (Å²) < 4.78 is 6.14. The van der Waals surface area contributed by atoms with Gasteiger partial charge in [-0.2, -0.15) is 0 Å². The van der Waals surface area contributed by atoms with Crippen molar-refractivity contribution in [3.05, 3.63) is 0 Å². The molecule has 0 bridgehead atoms. The number of rotatable bonds is 2. The quantitative estimate of drug-likeness (QED) is 0.735. The molecule has 1 aliphatic carbocycles. The monoisotopic (exact) mass is 246 g/mol. The van der Waals surface area contributed by atoms with Crippen molar-refractivity contribution < 1.29 is 14.6 Å². The lowest BCUT2D eigenvalue weighted by Crippen LogP contribution is -2.48. The van der Waals surface area contributed by atoms with Gasteiger partial charge >= 0.3 is 0 Å². The highest BCUT2D eigenvalue weighted by Gasteiger charge is 2.48. The molecule has 4 heteroatoms. The zero-order chi connectivity index (χ0) is 12.8. The minimum atomic E-state index is -1.85. The molecule has 0 heterocycles. The Morgan fingerprint density at radius 2 is 1.81 bits per heavy atom. The molecule has 3 nitrogen and oxygen atoms in total. The normalized spacial score (nSPS) is 36.8. The zero-order valence-corrected chi connectivity index (χ0v) is 12.4. The summed E-state index contributed by atoms with van der Waals surface area (Å²) in [6.45, 7) is 12.6. The van der Waals surface area contributed by atoms with Crippen molar-refractivity contribution in [2.45, 2.75) is 76.5 Å². The molecule has 0 saturated heterocycles. The highest BCUT2D eigenvalue weighted by atomic mass is 28.4. The van der Waals surface area contributed by atoms with Crippen LogP contribution in [-0.2, 0) is 4.43 Å². The second-order valence-electron chi connectivity index (χ2n) is 6.76. The first-order chi connectivity index (χ1) is 6.97. The van der Waals surface area contributed by atoms with Gasteiger partial charge in [0.15, 0.2) is 8.32 Å². The van der Waals surface area contributed by atoms with E-state index in [1.54, 1.807) is 6.92 Å². The highest BCUT2D eigenvalue weighted by Crippen LogP contribution is 2.41. The fourth-order valence-electron chi connectivity index (χ4n) is 1.82. The topological polar surface area (TPSA) is 49.7 Å². The van der Waals surface area contributed by atoms with Crippen LogP contribution in [0.5, 0.6) is 0 Å². The molecule has 1 aliphatic rings. The predicted octanol–water partition coefficient (Wildman–Crippen LogP) is 2.28. The van der Waals surface area contributed by atoms with E-state index in [4.69, 9.17) is 4.43 Å². The molecular weight excluding hydrogens is 220 g/mol. The van der Waals surface area contributed by atoms with Gasteiger partial charge in [0.05, 0.1) is 11.7 Å². The first-order valence-electron chi connectivity index (χ1n) is 6.06. The van der Waals surface area contributed by atoms with Crippen molar-refractivity contribution in [2.75, 3.05) is 0 Å². The van der Waals surface area contributed by atoms with Crippen molar-refractivity contribution in [2.24, 2.45) is 0 Å². The number of aliphatic hydroxyl groups excluding tert-OH is 1. The molecule has 16 heavy (non-hydrogen) atoms. The molecule has 0 amide bonds. The molecule has 1 rings (SSSR count). The van der Waals surface area contributed by atoms with E-state index in [1.165, 1.54) is 0 Å². The Bertz CT molecular complexity index is 255. The molecule has 3 atom stereocenters. The van der Waals surface area contributed by atoms with Gasteiger partial charge in [0.2, 0.25) is 0 Å². The zero-order valence-electron chi connectivity index (χ0n) is 11.4. The average Bonchev–Trinajstić information content (AvgIpc) is 2.29. The van der Waals surface area contributed by atoms with Gasteiger partial charge < -0.3 is 14.6 Å². The van der Waals surface area contributed by atoms with Gasteiger partial charge in [-0.25, -0.2) is 0 Å². The molecule has 0 unspecified atom stereocenters. The first-order valence-corrected chi connectivity index (χ1v) is 8.96. The molecule has 1 saturated carbocycles. The van der Waals surface area contributed by atoms with E-state index in [-0.39, 0.29) is 11.1 Å². The first kappa shape index (κ1) is 14.2. The summed E-state index contributed by atoms with van der Waals surface area (Å²) >= 11 is 0. The van der Waals surface area contributed by atoms with Crippen LogP contribution in [0.25, 0.3) is 0 Å². The Morgan fingerprint density at radius 3 is 2.12 bits per heavy atom. The van der Waals surface area contributed by atoms with Gasteiger partial charge in [-0.15, -0.1) is 0 Å². The smallest absolute Gasteiger partial charge is 0.192 e. The fraction of sp³-hybridized carbons (Fsp3) is 1.00. The molecule has 0 aromatic rings. The van der Waals surface area contributed by atoms with Crippen LogP contribution in [0, 0.1) is 0 Å². The Balaban J connectivity index is 2.70. The molecular formula is C12H26O3Si. The SMILES string of the molecule is CC(C)(C)[Si](C)(C)O[C@H]1CC[C@@](C)(O)[C@H]1O. The van der Waals surface area contributed by atoms with Crippen LogP contribution in [-0.4, -0.2) is 36.3 Å². The third kappa shape index (κ3) is 2.67. The molecule has 2 N–H and O–H groups in total. The number of aliphatic hydroxyl groups is 2. The van der Waals surface area contributed by atoms with Crippen molar-refractivity contribution >= 4 is 8.32 Å². The molecule has 96 valence electrons. The van der Waals surface area contributed by atoms with Crippen LogP contribution < -0.4 is 0 Å². The van der Waals surface area contributed by atoms with E-state index in [9.17, 15) is 10.2 Å². The summed E-state index contributed by atoms with van der Waals surface area (Å²) in [6.07, 6.45) is 0.422. The lowest BCUT2D eigenvalue weighted by Gasteiger charge is -2.39. The van der Waals surface area contributed by atoms with E-state index in [2.05, 4.69) is 33.9 Å². The third-order valence-electron chi connectivity index (χ3n) is 4.18. The molecule has 0 aliphatic heterocycles. The number of hydrogen-bond donors (Lipinski definition) is 2. The van der Waals surface area contributed by atoms with Gasteiger partial charge in [-0.3, -0.25) is 0 Å². The Kier molecular flexibility index (Phi) is 3.62. The molecule has 0 spiro atoms.